The zero-order chi connectivity index (χ0) is 11.7. The summed E-state index contributed by atoms with van der Waals surface area (Å²) in [4.78, 5) is 16.3. The van der Waals surface area contributed by atoms with Crippen LogP contribution < -0.4 is 10.6 Å². The van der Waals surface area contributed by atoms with Crippen LogP contribution in [0, 0.1) is 0 Å². The van der Waals surface area contributed by atoms with Crippen molar-refractivity contribution in [2.24, 2.45) is 0 Å². The first-order valence-corrected chi connectivity index (χ1v) is 5.56. The summed E-state index contributed by atoms with van der Waals surface area (Å²) in [6.07, 6.45) is 0. The molecule has 7 heteroatoms. The second-order valence-corrected chi connectivity index (χ2v) is 4.38. The molecule has 0 radical (unpaired) electrons. The number of nitrogen functional groups attached to an aromatic ring is 1. The molecule has 2 heterocycles. The minimum atomic E-state index is 0.147. The number of anilines is 2. The van der Waals surface area contributed by atoms with Gasteiger partial charge in [0.25, 0.3) is 0 Å². The fraction of sp³-hybridized carbons (Fsp3) is 0.667. The van der Waals surface area contributed by atoms with Gasteiger partial charge in [0.1, 0.15) is 0 Å². The Balaban J connectivity index is 2.18. The van der Waals surface area contributed by atoms with Crippen molar-refractivity contribution in [3.63, 3.8) is 0 Å². The molecule has 1 aromatic heterocycles. The molecule has 1 aromatic rings. The van der Waals surface area contributed by atoms with Crippen LogP contribution >= 0.6 is 11.6 Å². The van der Waals surface area contributed by atoms with E-state index in [9.17, 15) is 0 Å². The summed E-state index contributed by atoms with van der Waals surface area (Å²) >= 11 is 5.76. The third-order valence-corrected chi connectivity index (χ3v) is 3.03. The first kappa shape index (κ1) is 11.3. The Labute approximate surface area is 99.4 Å². The van der Waals surface area contributed by atoms with Crippen LogP contribution in [0.2, 0.25) is 5.28 Å². The number of rotatable bonds is 1. The lowest BCUT2D eigenvalue weighted by atomic mass is 10.2. The lowest BCUT2D eigenvalue weighted by molar-refractivity contribution is 0.233. The van der Waals surface area contributed by atoms with Crippen LogP contribution in [0.15, 0.2) is 0 Å². The number of likely N-dealkylation sites (N-methyl/N-ethyl adjacent to an activating group) is 1. The molecule has 0 spiro atoms. The normalized spacial score (nSPS) is 22.4. The molecule has 1 saturated heterocycles. The van der Waals surface area contributed by atoms with Crippen molar-refractivity contribution in [2.45, 2.75) is 13.0 Å². The van der Waals surface area contributed by atoms with Gasteiger partial charge in [-0.15, -0.1) is 0 Å². The quantitative estimate of drug-likeness (QED) is 0.761. The van der Waals surface area contributed by atoms with Crippen LogP contribution in [-0.4, -0.2) is 52.6 Å². The predicted molar refractivity (Wildman–Crippen MR) is 63.6 cm³/mol. The highest BCUT2D eigenvalue weighted by Gasteiger charge is 2.22. The average Bonchev–Trinajstić information content (AvgIpc) is 2.20. The maximum atomic E-state index is 5.76. The summed E-state index contributed by atoms with van der Waals surface area (Å²) < 4.78 is 0. The lowest BCUT2D eigenvalue weighted by Gasteiger charge is -2.37. The van der Waals surface area contributed by atoms with Crippen molar-refractivity contribution in [3.05, 3.63) is 5.28 Å². The molecule has 16 heavy (non-hydrogen) atoms. The summed E-state index contributed by atoms with van der Waals surface area (Å²) in [5.74, 6) is 0.735. The van der Waals surface area contributed by atoms with Crippen LogP contribution in [0.5, 0.6) is 0 Å². The molecule has 0 aliphatic carbocycles. The Morgan fingerprint density at radius 3 is 2.69 bits per heavy atom. The van der Waals surface area contributed by atoms with Crippen molar-refractivity contribution < 1.29 is 0 Å². The fourth-order valence-corrected chi connectivity index (χ4v) is 1.89. The smallest absolute Gasteiger partial charge is 0.231 e. The van der Waals surface area contributed by atoms with Gasteiger partial charge in [-0.25, -0.2) is 0 Å². The lowest BCUT2D eigenvalue weighted by Crippen LogP contribution is -2.50. The third kappa shape index (κ3) is 2.33. The van der Waals surface area contributed by atoms with Gasteiger partial charge in [0.2, 0.25) is 17.2 Å². The predicted octanol–water partition coefficient (Wildman–Crippen LogP) is 0.247. The topological polar surface area (TPSA) is 71.2 Å². The molecule has 1 aliphatic rings. The van der Waals surface area contributed by atoms with Crippen molar-refractivity contribution in [2.75, 3.05) is 37.3 Å². The van der Waals surface area contributed by atoms with E-state index >= 15 is 0 Å². The Bertz CT molecular complexity index is 364. The number of aromatic nitrogens is 3. The zero-order valence-electron chi connectivity index (χ0n) is 9.39. The highest BCUT2D eigenvalue weighted by atomic mass is 35.5. The largest absolute Gasteiger partial charge is 0.368 e. The van der Waals surface area contributed by atoms with Crippen molar-refractivity contribution >= 4 is 23.5 Å². The molecule has 0 saturated carbocycles. The molecule has 88 valence electrons. The summed E-state index contributed by atoms with van der Waals surface area (Å²) in [6, 6.07) is 0.463. The Kier molecular flexibility index (Phi) is 3.11. The Morgan fingerprint density at radius 1 is 1.31 bits per heavy atom. The van der Waals surface area contributed by atoms with Gasteiger partial charge in [0.05, 0.1) is 0 Å². The Morgan fingerprint density at radius 2 is 2.06 bits per heavy atom. The fourth-order valence-electron chi connectivity index (χ4n) is 1.73. The zero-order valence-corrected chi connectivity index (χ0v) is 10.1. The van der Waals surface area contributed by atoms with Gasteiger partial charge in [-0.2, -0.15) is 15.0 Å². The van der Waals surface area contributed by atoms with Crippen LogP contribution in [0.25, 0.3) is 0 Å². The molecule has 2 N–H and O–H groups in total. The molecule has 0 amide bonds. The molecule has 1 atom stereocenters. The highest BCUT2D eigenvalue weighted by molar-refractivity contribution is 6.28. The van der Waals surface area contributed by atoms with Gasteiger partial charge in [0, 0.05) is 25.7 Å². The molecule has 6 nitrogen and oxygen atoms in total. The van der Waals surface area contributed by atoms with E-state index in [2.05, 4.69) is 38.7 Å². The van der Waals surface area contributed by atoms with E-state index in [1.165, 1.54) is 0 Å². The highest BCUT2D eigenvalue weighted by Crippen LogP contribution is 2.16. The summed E-state index contributed by atoms with van der Waals surface area (Å²) in [5, 5.41) is 0.147. The molecule has 0 bridgehead atoms. The van der Waals surface area contributed by atoms with Crippen molar-refractivity contribution in [1.82, 2.24) is 19.9 Å². The van der Waals surface area contributed by atoms with Crippen LogP contribution in [-0.2, 0) is 0 Å². The van der Waals surface area contributed by atoms with Crippen LogP contribution in [0.4, 0.5) is 11.9 Å². The summed E-state index contributed by atoms with van der Waals surface area (Å²) in [6.45, 7) is 4.89. The van der Waals surface area contributed by atoms with Crippen molar-refractivity contribution in [3.8, 4) is 0 Å². The molecule has 1 unspecified atom stereocenters. The standard InChI is InChI=1S/C9H15ClN6/c1-6-5-16(4-3-15(6)2)9-13-7(10)12-8(11)14-9/h6H,3-5H2,1-2H3,(H2,11,12,13,14). The van der Waals surface area contributed by atoms with Gasteiger partial charge >= 0.3 is 0 Å². The number of nitrogens with zero attached hydrogens (tertiary/aromatic N) is 5. The third-order valence-electron chi connectivity index (χ3n) is 2.86. The molecular formula is C9H15ClN6. The Hall–Kier alpha value is -1.14. The first-order valence-electron chi connectivity index (χ1n) is 5.18. The molecule has 1 fully saturated rings. The monoisotopic (exact) mass is 242 g/mol. The van der Waals surface area contributed by atoms with Gasteiger partial charge in [-0.05, 0) is 25.6 Å². The van der Waals surface area contributed by atoms with Gasteiger partial charge in [0.15, 0.2) is 0 Å². The number of hydrogen-bond donors (Lipinski definition) is 1. The molecule has 0 aromatic carbocycles. The summed E-state index contributed by atoms with van der Waals surface area (Å²) in [7, 11) is 2.11. The minimum Gasteiger partial charge on any atom is -0.368 e. The van der Waals surface area contributed by atoms with Crippen LogP contribution in [0.3, 0.4) is 0 Å². The number of nitrogens with two attached hydrogens (primary N) is 1. The average molecular weight is 243 g/mol. The van der Waals surface area contributed by atoms with E-state index in [-0.39, 0.29) is 11.2 Å². The molecule has 1 aliphatic heterocycles. The van der Waals surface area contributed by atoms with Gasteiger partial charge in [-0.3, -0.25) is 0 Å². The number of halogens is 1. The summed E-state index contributed by atoms with van der Waals surface area (Å²) in [5.41, 5.74) is 5.54. The maximum Gasteiger partial charge on any atom is 0.231 e. The van der Waals surface area contributed by atoms with E-state index < -0.39 is 0 Å². The van der Waals surface area contributed by atoms with E-state index in [0.717, 1.165) is 19.6 Å². The van der Waals surface area contributed by atoms with Crippen LogP contribution in [0.1, 0.15) is 6.92 Å². The van der Waals surface area contributed by atoms with Gasteiger partial charge < -0.3 is 15.5 Å². The second kappa shape index (κ2) is 4.39. The molecule has 2 rings (SSSR count). The van der Waals surface area contributed by atoms with E-state index in [0.29, 0.717) is 12.0 Å². The number of hydrogen-bond acceptors (Lipinski definition) is 6. The minimum absolute atomic E-state index is 0.147. The number of piperazine rings is 1. The first-order chi connectivity index (χ1) is 7.56. The second-order valence-electron chi connectivity index (χ2n) is 4.04. The van der Waals surface area contributed by atoms with E-state index in [1.54, 1.807) is 0 Å². The van der Waals surface area contributed by atoms with E-state index in [4.69, 9.17) is 17.3 Å². The molecular weight excluding hydrogens is 228 g/mol. The van der Waals surface area contributed by atoms with Crippen molar-refractivity contribution in [1.29, 1.82) is 0 Å². The van der Waals surface area contributed by atoms with Gasteiger partial charge in [-0.1, -0.05) is 0 Å². The van der Waals surface area contributed by atoms with E-state index in [1.807, 2.05) is 0 Å². The maximum absolute atomic E-state index is 5.76. The SMILES string of the molecule is CC1CN(c2nc(N)nc(Cl)n2)CCN1C.